The molecule has 1 aromatic rings. The number of nitrogens with zero attached hydrogens (tertiary/aromatic N) is 1. The molecule has 0 aromatic carbocycles. The maximum Gasteiger partial charge on any atom is 0.178 e. The average Bonchev–Trinajstić information content (AvgIpc) is 2.66. The second kappa shape index (κ2) is 4.39. The first-order valence-electron chi connectivity index (χ1n) is 4.41. The molecule has 2 rings (SSSR count). The van der Waals surface area contributed by atoms with E-state index >= 15 is 0 Å². The van der Waals surface area contributed by atoms with E-state index in [2.05, 4.69) is 10.3 Å². The highest BCUT2D eigenvalue weighted by Crippen LogP contribution is 2.19. The van der Waals surface area contributed by atoms with Crippen LogP contribution in [0.2, 0.25) is 0 Å². The minimum Gasteiger partial charge on any atom is -0.379 e. The molecule has 1 saturated heterocycles. The second-order valence-electron chi connectivity index (χ2n) is 3.16. The Morgan fingerprint density at radius 1 is 1.64 bits per heavy atom. The van der Waals surface area contributed by atoms with Gasteiger partial charge in [-0.15, -0.1) is 0 Å². The highest BCUT2D eigenvalue weighted by Gasteiger charge is 2.17. The Bertz CT molecular complexity index is 329. The fraction of sp³-hybridized carbons (Fsp3) is 0.444. The van der Waals surface area contributed by atoms with Crippen molar-refractivity contribution < 1.29 is 9.13 Å². The molecule has 1 atom stereocenters. The van der Waals surface area contributed by atoms with Gasteiger partial charge in [0.2, 0.25) is 0 Å². The van der Waals surface area contributed by atoms with Crippen LogP contribution in [0.3, 0.4) is 0 Å². The van der Waals surface area contributed by atoms with Gasteiger partial charge in [-0.25, -0.2) is 9.37 Å². The van der Waals surface area contributed by atoms with Gasteiger partial charge in [0.05, 0.1) is 16.2 Å². The van der Waals surface area contributed by atoms with Crippen LogP contribution in [0.15, 0.2) is 12.3 Å². The number of ether oxygens (including phenoxy) is 1. The van der Waals surface area contributed by atoms with Crippen molar-refractivity contribution >= 4 is 28.4 Å². The van der Waals surface area contributed by atoms with E-state index in [4.69, 9.17) is 4.74 Å². The third-order valence-electron chi connectivity index (χ3n) is 2.11. The van der Waals surface area contributed by atoms with Crippen LogP contribution in [-0.4, -0.2) is 24.2 Å². The summed E-state index contributed by atoms with van der Waals surface area (Å²) in [5.74, 6) is 0.0485. The normalized spacial score (nSPS) is 21.1. The quantitative estimate of drug-likeness (QED) is 0.849. The van der Waals surface area contributed by atoms with Gasteiger partial charge in [-0.2, -0.15) is 0 Å². The van der Waals surface area contributed by atoms with Crippen LogP contribution in [0.4, 0.5) is 10.2 Å². The number of pyridine rings is 1. The van der Waals surface area contributed by atoms with Crippen molar-refractivity contribution in [3.8, 4) is 0 Å². The summed E-state index contributed by atoms with van der Waals surface area (Å²) in [5.41, 5.74) is 0. The van der Waals surface area contributed by atoms with Gasteiger partial charge in [-0.05, 0) is 35.1 Å². The number of hydrogen-bond acceptors (Lipinski definition) is 3. The Kier molecular flexibility index (Phi) is 3.17. The molecular formula is C9H10FIN2O. The lowest BCUT2D eigenvalue weighted by molar-refractivity contribution is 0.195. The number of hydrogen-bond donors (Lipinski definition) is 1. The zero-order valence-corrected chi connectivity index (χ0v) is 9.62. The number of aromatic nitrogens is 1. The Morgan fingerprint density at radius 3 is 3.21 bits per heavy atom. The van der Waals surface area contributed by atoms with Gasteiger partial charge < -0.3 is 10.1 Å². The summed E-state index contributed by atoms with van der Waals surface area (Å²) < 4.78 is 19.2. The lowest BCUT2D eigenvalue weighted by Gasteiger charge is -2.11. The number of halogens is 2. The molecule has 0 spiro atoms. The van der Waals surface area contributed by atoms with Crippen LogP contribution in [-0.2, 0) is 4.74 Å². The molecule has 3 nitrogen and oxygen atoms in total. The molecule has 1 aliphatic heterocycles. The maximum atomic E-state index is 13.5. The summed E-state index contributed by atoms with van der Waals surface area (Å²) in [7, 11) is 0. The molecule has 1 N–H and O–H groups in total. The molecule has 0 amide bonds. The second-order valence-corrected chi connectivity index (χ2v) is 4.32. The lowest BCUT2D eigenvalue weighted by atomic mass is 10.2. The van der Waals surface area contributed by atoms with E-state index in [1.807, 2.05) is 22.6 Å². The van der Waals surface area contributed by atoms with Gasteiger partial charge in [0.25, 0.3) is 0 Å². The molecular weight excluding hydrogens is 298 g/mol. The van der Waals surface area contributed by atoms with Crippen molar-refractivity contribution in [3.63, 3.8) is 0 Å². The molecule has 0 bridgehead atoms. The highest BCUT2D eigenvalue weighted by atomic mass is 127. The number of rotatable bonds is 2. The molecule has 1 aliphatic rings. The molecule has 5 heteroatoms. The maximum absolute atomic E-state index is 13.5. The zero-order valence-electron chi connectivity index (χ0n) is 7.46. The summed E-state index contributed by atoms with van der Waals surface area (Å²) in [4.78, 5) is 3.96. The van der Waals surface area contributed by atoms with Gasteiger partial charge in [0, 0.05) is 12.8 Å². The van der Waals surface area contributed by atoms with Gasteiger partial charge in [-0.1, -0.05) is 0 Å². The third kappa shape index (κ3) is 2.14. The van der Waals surface area contributed by atoms with Gasteiger partial charge in [-0.3, -0.25) is 0 Å². The van der Waals surface area contributed by atoms with E-state index in [-0.39, 0.29) is 11.9 Å². The molecule has 1 aromatic heterocycles. The molecule has 76 valence electrons. The van der Waals surface area contributed by atoms with Crippen molar-refractivity contribution in [2.45, 2.75) is 12.5 Å². The fourth-order valence-corrected chi connectivity index (χ4v) is 1.78. The van der Waals surface area contributed by atoms with Gasteiger partial charge in [0.15, 0.2) is 11.6 Å². The molecule has 14 heavy (non-hydrogen) atoms. The van der Waals surface area contributed by atoms with Gasteiger partial charge in [0.1, 0.15) is 0 Å². The summed E-state index contributed by atoms with van der Waals surface area (Å²) in [6.45, 7) is 1.37. The first-order valence-corrected chi connectivity index (χ1v) is 5.49. The fourth-order valence-electron chi connectivity index (χ4n) is 1.36. The molecule has 1 fully saturated rings. The van der Waals surface area contributed by atoms with Crippen LogP contribution in [0, 0.1) is 9.39 Å². The first-order chi connectivity index (χ1) is 6.77. The molecule has 0 radical (unpaired) electrons. The standard InChI is InChI=1S/C9H10FIN2O/c10-8-7(11)1-3-12-9(8)13-6-2-4-14-5-6/h1,3,6H,2,4-5H2,(H,12,13). The van der Waals surface area contributed by atoms with Crippen LogP contribution in [0.25, 0.3) is 0 Å². The molecule has 1 unspecified atom stereocenters. The van der Waals surface area contributed by atoms with E-state index in [1.165, 1.54) is 0 Å². The number of nitrogens with one attached hydrogen (secondary N) is 1. The smallest absolute Gasteiger partial charge is 0.178 e. The van der Waals surface area contributed by atoms with Crippen molar-refractivity contribution in [2.75, 3.05) is 18.5 Å². The minimum atomic E-state index is -0.278. The average molecular weight is 308 g/mol. The highest BCUT2D eigenvalue weighted by molar-refractivity contribution is 14.1. The number of anilines is 1. The topological polar surface area (TPSA) is 34.2 Å². The zero-order chi connectivity index (χ0) is 9.97. The van der Waals surface area contributed by atoms with E-state index in [9.17, 15) is 4.39 Å². The van der Waals surface area contributed by atoms with Crippen molar-refractivity contribution in [3.05, 3.63) is 21.7 Å². The Hall–Kier alpha value is -0.430. The van der Waals surface area contributed by atoms with Crippen LogP contribution >= 0.6 is 22.6 Å². The van der Waals surface area contributed by atoms with Crippen molar-refractivity contribution in [1.82, 2.24) is 4.98 Å². The predicted molar refractivity (Wildman–Crippen MR) is 59.8 cm³/mol. The van der Waals surface area contributed by atoms with Crippen LogP contribution in [0.1, 0.15) is 6.42 Å². The van der Waals surface area contributed by atoms with E-state index < -0.39 is 0 Å². The summed E-state index contributed by atoms with van der Waals surface area (Å²) in [5, 5.41) is 3.03. The summed E-state index contributed by atoms with van der Waals surface area (Å²) >= 11 is 1.95. The Morgan fingerprint density at radius 2 is 2.50 bits per heavy atom. The lowest BCUT2D eigenvalue weighted by Crippen LogP contribution is -2.20. The summed E-state index contributed by atoms with van der Waals surface area (Å²) in [6.07, 6.45) is 2.51. The minimum absolute atomic E-state index is 0.190. The largest absolute Gasteiger partial charge is 0.379 e. The monoisotopic (exact) mass is 308 g/mol. The van der Waals surface area contributed by atoms with E-state index in [1.54, 1.807) is 12.3 Å². The molecule has 0 aliphatic carbocycles. The van der Waals surface area contributed by atoms with Crippen LogP contribution < -0.4 is 5.32 Å². The van der Waals surface area contributed by atoms with E-state index in [0.717, 1.165) is 13.0 Å². The van der Waals surface area contributed by atoms with Crippen molar-refractivity contribution in [1.29, 1.82) is 0 Å². The van der Waals surface area contributed by atoms with Crippen molar-refractivity contribution in [2.24, 2.45) is 0 Å². The first kappa shape index (κ1) is 10.1. The Balaban J connectivity index is 2.11. The van der Waals surface area contributed by atoms with Gasteiger partial charge >= 0.3 is 0 Å². The Labute approximate surface area is 95.2 Å². The SMILES string of the molecule is Fc1c(I)ccnc1NC1CCOC1. The van der Waals surface area contributed by atoms with Crippen LogP contribution in [0.5, 0.6) is 0 Å². The van der Waals surface area contributed by atoms with E-state index in [0.29, 0.717) is 16.0 Å². The third-order valence-corrected chi connectivity index (χ3v) is 2.95. The molecule has 2 heterocycles. The summed E-state index contributed by atoms with van der Waals surface area (Å²) in [6, 6.07) is 1.84. The predicted octanol–water partition coefficient (Wildman–Crippen LogP) is 2.03. The molecule has 0 saturated carbocycles.